The second kappa shape index (κ2) is 6.72. The molecule has 2 aromatic rings. The fourth-order valence-electron chi connectivity index (χ4n) is 2.57. The summed E-state index contributed by atoms with van der Waals surface area (Å²) in [7, 11) is 0. The fourth-order valence-corrected chi connectivity index (χ4v) is 2.57. The number of amides is 1. The molecule has 116 valence electrons. The highest BCUT2D eigenvalue weighted by molar-refractivity contribution is 5.92. The number of hydrogen-bond acceptors (Lipinski definition) is 5. The molecule has 1 saturated heterocycles. The van der Waals surface area contributed by atoms with Gasteiger partial charge in [0.05, 0.1) is 6.10 Å². The zero-order valence-electron chi connectivity index (χ0n) is 12.2. The van der Waals surface area contributed by atoms with Crippen molar-refractivity contribution in [2.45, 2.75) is 12.5 Å². The summed E-state index contributed by atoms with van der Waals surface area (Å²) in [6.07, 6.45) is 0.413. The van der Waals surface area contributed by atoms with Crippen molar-refractivity contribution in [2.24, 2.45) is 5.92 Å². The van der Waals surface area contributed by atoms with Crippen LogP contribution in [0.2, 0.25) is 0 Å². The highest BCUT2D eigenvalue weighted by atomic mass is 16.5. The summed E-state index contributed by atoms with van der Waals surface area (Å²) in [6.45, 7) is 1.86. The smallest absolute Gasteiger partial charge is 0.289 e. The van der Waals surface area contributed by atoms with Gasteiger partial charge in [-0.1, -0.05) is 35.5 Å². The van der Waals surface area contributed by atoms with E-state index in [1.165, 1.54) is 0 Å². The van der Waals surface area contributed by atoms with Crippen molar-refractivity contribution in [2.75, 3.05) is 19.6 Å². The van der Waals surface area contributed by atoms with Gasteiger partial charge >= 0.3 is 0 Å². The largest absolute Gasteiger partial charge is 0.391 e. The van der Waals surface area contributed by atoms with Crippen LogP contribution in [0.4, 0.5) is 0 Å². The molecule has 22 heavy (non-hydrogen) atoms. The molecule has 1 aromatic carbocycles. The molecule has 0 spiro atoms. The average Bonchev–Trinajstić information content (AvgIpc) is 3.05. The van der Waals surface area contributed by atoms with Gasteiger partial charge in [0.1, 0.15) is 5.69 Å². The van der Waals surface area contributed by atoms with Gasteiger partial charge in [0, 0.05) is 30.6 Å². The second-order valence-corrected chi connectivity index (χ2v) is 5.47. The van der Waals surface area contributed by atoms with Crippen LogP contribution in [0.1, 0.15) is 17.0 Å². The minimum absolute atomic E-state index is 0.0710. The Bertz CT molecular complexity index is 627. The lowest BCUT2D eigenvalue weighted by Crippen LogP contribution is -2.45. The number of aliphatic hydroxyl groups is 1. The SMILES string of the molecule is O=C(NC[C@@H]1CCNC[C@H]1O)c1cc(-c2ccccc2)no1. The lowest BCUT2D eigenvalue weighted by molar-refractivity contribution is 0.0738. The van der Waals surface area contributed by atoms with E-state index in [4.69, 9.17) is 4.52 Å². The van der Waals surface area contributed by atoms with Crippen LogP contribution in [-0.2, 0) is 0 Å². The van der Waals surface area contributed by atoms with Gasteiger partial charge in [-0.05, 0) is 13.0 Å². The van der Waals surface area contributed by atoms with E-state index in [1.54, 1.807) is 6.07 Å². The minimum Gasteiger partial charge on any atom is -0.391 e. The molecule has 2 atom stereocenters. The summed E-state index contributed by atoms with van der Waals surface area (Å²) in [5, 5.41) is 19.7. The maximum atomic E-state index is 12.1. The van der Waals surface area contributed by atoms with Gasteiger partial charge in [-0.25, -0.2) is 0 Å². The van der Waals surface area contributed by atoms with Crippen molar-refractivity contribution in [1.82, 2.24) is 15.8 Å². The van der Waals surface area contributed by atoms with Crippen LogP contribution in [0.15, 0.2) is 40.9 Å². The summed E-state index contributed by atoms with van der Waals surface area (Å²) in [5.41, 5.74) is 1.53. The number of benzene rings is 1. The molecule has 3 rings (SSSR count). The summed E-state index contributed by atoms with van der Waals surface area (Å²) in [5.74, 6) is -0.0515. The maximum Gasteiger partial charge on any atom is 0.289 e. The van der Waals surface area contributed by atoms with E-state index in [9.17, 15) is 9.90 Å². The number of aliphatic hydroxyl groups excluding tert-OH is 1. The van der Waals surface area contributed by atoms with E-state index in [-0.39, 0.29) is 17.6 Å². The standard InChI is InChI=1S/C16H19N3O3/c20-14-10-17-7-6-12(14)9-18-16(21)15-8-13(19-22-15)11-4-2-1-3-5-11/h1-5,8,12,14,17,20H,6-7,9-10H2,(H,18,21)/t12-,14+/m0/s1. The van der Waals surface area contributed by atoms with E-state index in [1.807, 2.05) is 30.3 Å². The number of β-amino-alcohol motifs (C(OH)–C–C–N with tert-alkyl or cyclic N) is 1. The van der Waals surface area contributed by atoms with E-state index < -0.39 is 6.10 Å². The van der Waals surface area contributed by atoms with Crippen molar-refractivity contribution >= 4 is 5.91 Å². The van der Waals surface area contributed by atoms with Crippen LogP contribution in [-0.4, -0.2) is 41.9 Å². The molecule has 0 radical (unpaired) electrons. The number of rotatable bonds is 4. The van der Waals surface area contributed by atoms with Crippen molar-refractivity contribution in [3.63, 3.8) is 0 Å². The Hall–Kier alpha value is -2.18. The third-order valence-electron chi connectivity index (χ3n) is 3.92. The van der Waals surface area contributed by atoms with Crippen LogP contribution in [0.25, 0.3) is 11.3 Å². The monoisotopic (exact) mass is 301 g/mol. The van der Waals surface area contributed by atoms with Gasteiger partial charge in [0.25, 0.3) is 5.91 Å². The molecule has 6 nitrogen and oxygen atoms in total. The number of carbonyl (C=O) groups is 1. The van der Waals surface area contributed by atoms with Crippen LogP contribution in [0.5, 0.6) is 0 Å². The first-order valence-corrected chi connectivity index (χ1v) is 7.43. The molecule has 3 N–H and O–H groups in total. The Morgan fingerprint density at radius 2 is 2.23 bits per heavy atom. The van der Waals surface area contributed by atoms with E-state index in [0.29, 0.717) is 18.8 Å². The third-order valence-corrected chi connectivity index (χ3v) is 3.92. The summed E-state index contributed by atoms with van der Waals surface area (Å²) < 4.78 is 5.11. The molecule has 0 saturated carbocycles. The van der Waals surface area contributed by atoms with Gasteiger partial charge < -0.3 is 20.3 Å². The number of piperidine rings is 1. The molecule has 0 unspecified atom stereocenters. The van der Waals surface area contributed by atoms with Gasteiger partial charge in [-0.15, -0.1) is 0 Å². The van der Waals surface area contributed by atoms with Crippen molar-refractivity contribution in [1.29, 1.82) is 0 Å². The molecular formula is C16H19N3O3. The molecule has 1 aliphatic rings. The maximum absolute atomic E-state index is 12.1. The molecule has 0 bridgehead atoms. The first-order chi connectivity index (χ1) is 10.7. The molecule has 1 fully saturated rings. The van der Waals surface area contributed by atoms with Crippen molar-refractivity contribution in [3.05, 3.63) is 42.2 Å². The zero-order valence-corrected chi connectivity index (χ0v) is 12.2. The number of aromatic nitrogens is 1. The number of hydrogen-bond donors (Lipinski definition) is 3. The lowest BCUT2D eigenvalue weighted by Gasteiger charge is -2.28. The Kier molecular flexibility index (Phi) is 4.50. The van der Waals surface area contributed by atoms with Crippen LogP contribution in [0, 0.1) is 5.92 Å². The molecule has 6 heteroatoms. The number of carbonyl (C=O) groups excluding carboxylic acids is 1. The highest BCUT2D eigenvalue weighted by Crippen LogP contribution is 2.18. The summed E-state index contributed by atoms with van der Waals surface area (Å²) in [4.78, 5) is 12.1. The summed E-state index contributed by atoms with van der Waals surface area (Å²) >= 11 is 0. The minimum atomic E-state index is -0.427. The first-order valence-electron chi connectivity index (χ1n) is 7.43. The topological polar surface area (TPSA) is 87.4 Å². The normalized spacial score (nSPS) is 21.5. The predicted molar refractivity (Wildman–Crippen MR) is 81.3 cm³/mol. The molecule has 1 aromatic heterocycles. The predicted octanol–water partition coefficient (Wildman–Crippen LogP) is 1.04. The Balaban J connectivity index is 1.60. The Morgan fingerprint density at radius 3 is 3.00 bits per heavy atom. The third kappa shape index (κ3) is 3.35. The van der Waals surface area contributed by atoms with Gasteiger partial charge in [0.2, 0.25) is 5.76 Å². The van der Waals surface area contributed by atoms with Crippen molar-refractivity contribution < 1.29 is 14.4 Å². The average molecular weight is 301 g/mol. The van der Waals surface area contributed by atoms with Gasteiger partial charge in [0.15, 0.2) is 0 Å². The van der Waals surface area contributed by atoms with Gasteiger partial charge in [-0.2, -0.15) is 0 Å². The highest BCUT2D eigenvalue weighted by Gasteiger charge is 2.24. The fraction of sp³-hybridized carbons (Fsp3) is 0.375. The number of nitrogens with zero attached hydrogens (tertiary/aromatic N) is 1. The molecule has 1 aliphatic heterocycles. The number of nitrogens with one attached hydrogen (secondary N) is 2. The van der Waals surface area contributed by atoms with E-state index in [2.05, 4.69) is 15.8 Å². The first kappa shape index (κ1) is 14.7. The molecular weight excluding hydrogens is 282 g/mol. The second-order valence-electron chi connectivity index (χ2n) is 5.47. The summed E-state index contributed by atoms with van der Waals surface area (Å²) in [6, 6.07) is 11.2. The van der Waals surface area contributed by atoms with Crippen LogP contribution >= 0.6 is 0 Å². The zero-order chi connectivity index (χ0) is 15.4. The molecule has 2 heterocycles. The Labute approximate surface area is 128 Å². The lowest BCUT2D eigenvalue weighted by atomic mass is 9.95. The Morgan fingerprint density at radius 1 is 1.41 bits per heavy atom. The molecule has 1 amide bonds. The van der Waals surface area contributed by atoms with Crippen LogP contribution in [0.3, 0.4) is 0 Å². The molecule has 0 aliphatic carbocycles. The van der Waals surface area contributed by atoms with E-state index in [0.717, 1.165) is 18.5 Å². The van der Waals surface area contributed by atoms with E-state index >= 15 is 0 Å². The quantitative estimate of drug-likeness (QED) is 0.785. The van der Waals surface area contributed by atoms with Gasteiger partial charge in [-0.3, -0.25) is 4.79 Å². The van der Waals surface area contributed by atoms with Crippen molar-refractivity contribution in [3.8, 4) is 11.3 Å². The van der Waals surface area contributed by atoms with Crippen LogP contribution < -0.4 is 10.6 Å².